The fourth-order valence-electron chi connectivity index (χ4n) is 1.12. The van der Waals surface area contributed by atoms with Crippen molar-refractivity contribution >= 4 is 12.2 Å². The van der Waals surface area contributed by atoms with Crippen LogP contribution in [0.25, 0.3) is 0 Å². The molecular weight excluding hydrogens is 277 g/mol. The van der Waals surface area contributed by atoms with E-state index in [0.29, 0.717) is 0 Å². The summed E-state index contributed by atoms with van der Waals surface area (Å²) in [4.78, 5) is 11.4. The van der Waals surface area contributed by atoms with Gasteiger partial charge in [0.1, 0.15) is 11.3 Å². The summed E-state index contributed by atoms with van der Waals surface area (Å²) in [7, 11) is 0. The highest BCUT2D eigenvalue weighted by molar-refractivity contribution is 6.09. The number of esters is 1. The molecule has 0 aliphatic carbocycles. The second kappa shape index (κ2) is 7.87. The first-order chi connectivity index (χ1) is 9.31. The van der Waals surface area contributed by atoms with E-state index in [2.05, 4.69) is 4.74 Å². The van der Waals surface area contributed by atoms with Crippen LogP contribution >= 0.6 is 0 Å². The average Bonchev–Trinajstić information content (AvgIpc) is 2.36. The minimum absolute atomic E-state index is 0.121. The van der Waals surface area contributed by atoms with Crippen LogP contribution in [0.4, 0.5) is 13.2 Å². The Morgan fingerprint density at radius 1 is 1.40 bits per heavy atom. The summed E-state index contributed by atoms with van der Waals surface area (Å²) in [5.74, 6) is -1.27. The molecule has 0 unspecified atom stereocenters. The van der Waals surface area contributed by atoms with Crippen LogP contribution in [0.3, 0.4) is 0 Å². The largest absolute Gasteiger partial charge is 0.462 e. The first kappa shape index (κ1) is 17.6. The molecule has 0 bridgehead atoms. The van der Waals surface area contributed by atoms with E-state index in [9.17, 15) is 18.0 Å². The van der Waals surface area contributed by atoms with E-state index in [1.54, 1.807) is 0 Å². The number of hydrogen-bond acceptors (Lipinski definition) is 6. The van der Waals surface area contributed by atoms with Crippen LogP contribution in [-0.2, 0) is 9.53 Å². The van der Waals surface area contributed by atoms with Gasteiger partial charge in [-0.1, -0.05) is 0 Å². The lowest BCUT2D eigenvalue weighted by Crippen LogP contribution is -2.30. The molecule has 0 aromatic heterocycles. The number of rotatable bonds is 6. The Morgan fingerprint density at radius 3 is 2.35 bits per heavy atom. The molecule has 6 nitrogen and oxygen atoms in total. The molecule has 6 N–H and O–H groups in total. The molecule has 0 saturated heterocycles. The van der Waals surface area contributed by atoms with Crippen LogP contribution in [0.1, 0.15) is 6.92 Å². The van der Waals surface area contributed by atoms with Gasteiger partial charge in [-0.25, -0.2) is 4.79 Å². The summed E-state index contributed by atoms with van der Waals surface area (Å²) in [6.07, 6.45) is -1.78. The fraction of sp³-hybridized carbons (Fsp3) is 0.273. The third-order valence-corrected chi connectivity index (χ3v) is 1.92. The predicted molar refractivity (Wildman–Crippen MR) is 67.2 cm³/mol. The van der Waals surface area contributed by atoms with Gasteiger partial charge in [-0.3, -0.25) is 0 Å². The predicted octanol–water partition coefficient (Wildman–Crippen LogP) is 0.878. The Bertz CT molecular complexity index is 453. The number of nitrogens with one attached hydrogen (secondary N) is 2. The zero-order valence-corrected chi connectivity index (χ0v) is 10.6. The van der Waals surface area contributed by atoms with Gasteiger partial charge in [0.25, 0.3) is 0 Å². The van der Waals surface area contributed by atoms with Crippen LogP contribution < -0.4 is 16.8 Å². The van der Waals surface area contributed by atoms with Crippen molar-refractivity contribution in [3.63, 3.8) is 0 Å². The maximum Gasteiger partial charge on any atom is 0.432 e. The monoisotopic (exact) mass is 292 g/mol. The summed E-state index contributed by atoms with van der Waals surface area (Å²) in [6, 6.07) is 0. The lowest BCUT2D eigenvalue weighted by Gasteiger charge is -2.17. The Hall–Kier alpha value is -2.45. The number of nitrogens with two attached hydrogens (primary N) is 2. The molecular formula is C11H15F3N4O2. The lowest BCUT2D eigenvalue weighted by molar-refractivity contribution is -0.139. The van der Waals surface area contributed by atoms with Gasteiger partial charge in [0.2, 0.25) is 0 Å². The van der Waals surface area contributed by atoms with Gasteiger partial charge in [0.05, 0.1) is 12.3 Å². The molecule has 0 spiro atoms. The number of halogens is 3. The van der Waals surface area contributed by atoms with Gasteiger partial charge in [-0.15, -0.1) is 0 Å². The molecule has 0 rings (SSSR count). The zero-order valence-electron chi connectivity index (χ0n) is 10.6. The van der Waals surface area contributed by atoms with Crippen LogP contribution in [0.5, 0.6) is 0 Å². The standard InChI is InChI=1S/C11H15F3N4O2/c1-2-20-10(19)8(6-17)9(11(12,13)14)18-7(5-16)3-4-15/h3-6,17-18H,2,15-16H2,1H3/b4-3-,7-5+,9-8+,17-6?. The normalized spacial score (nSPS) is 13.9. The van der Waals surface area contributed by atoms with E-state index in [-0.39, 0.29) is 18.5 Å². The number of hydrogen-bond donors (Lipinski definition) is 4. The van der Waals surface area contributed by atoms with Gasteiger partial charge < -0.3 is 26.9 Å². The smallest absolute Gasteiger partial charge is 0.432 e. The van der Waals surface area contributed by atoms with Crippen molar-refractivity contribution in [1.29, 1.82) is 5.41 Å². The molecule has 0 amide bonds. The molecule has 0 aromatic carbocycles. The zero-order chi connectivity index (χ0) is 15.8. The molecule has 0 aliphatic rings. The van der Waals surface area contributed by atoms with Gasteiger partial charge in [0.15, 0.2) is 0 Å². The first-order valence-corrected chi connectivity index (χ1v) is 5.38. The SMILES string of the molecule is CCOC(=O)/C(C=N)=C(/NC(/C=C\N)=C/N)C(F)(F)F. The van der Waals surface area contributed by atoms with Crippen LogP contribution in [0.15, 0.2) is 35.4 Å². The van der Waals surface area contributed by atoms with E-state index < -0.39 is 23.4 Å². The van der Waals surface area contributed by atoms with Crippen LogP contribution in [0, 0.1) is 5.41 Å². The Balaban J connectivity index is 5.75. The van der Waals surface area contributed by atoms with E-state index in [4.69, 9.17) is 16.9 Å². The molecule has 20 heavy (non-hydrogen) atoms. The average molecular weight is 292 g/mol. The van der Waals surface area contributed by atoms with E-state index in [0.717, 1.165) is 18.5 Å². The number of ether oxygens (including phenoxy) is 1. The molecule has 0 fully saturated rings. The summed E-state index contributed by atoms with van der Waals surface area (Å²) in [5.41, 5.74) is 7.57. The second-order valence-corrected chi connectivity index (χ2v) is 3.26. The minimum atomic E-state index is -4.91. The molecule has 112 valence electrons. The topological polar surface area (TPSA) is 114 Å². The first-order valence-electron chi connectivity index (χ1n) is 5.38. The molecule has 0 atom stereocenters. The summed E-state index contributed by atoms with van der Waals surface area (Å²) in [5, 5.41) is 8.87. The molecule has 0 aromatic rings. The third-order valence-electron chi connectivity index (χ3n) is 1.92. The minimum Gasteiger partial charge on any atom is -0.462 e. The van der Waals surface area contributed by atoms with Crippen molar-refractivity contribution < 1.29 is 22.7 Å². The van der Waals surface area contributed by atoms with E-state index >= 15 is 0 Å². The van der Waals surface area contributed by atoms with Crippen molar-refractivity contribution in [2.24, 2.45) is 11.5 Å². The van der Waals surface area contributed by atoms with Crippen LogP contribution in [0.2, 0.25) is 0 Å². The maximum absolute atomic E-state index is 12.9. The van der Waals surface area contributed by atoms with E-state index in [1.807, 2.05) is 5.32 Å². The van der Waals surface area contributed by atoms with Crippen molar-refractivity contribution in [2.45, 2.75) is 13.1 Å². The molecule has 0 aliphatic heterocycles. The lowest BCUT2D eigenvalue weighted by atomic mass is 10.2. The Labute approximate surface area is 113 Å². The quantitative estimate of drug-likeness (QED) is 0.251. The number of allylic oxidation sites excluding steroid dienone is 2. The third kappa shape index (κ3) is 5.04. The van der Waals surface area contributed by atoms with Crippen molar-refractivity contribution in [3.8, 4) is 0 Å². The molecule has 9 heteroatoms. The molecule has 0 heterocycles. The fourth-order valence-corrected chi connectivity index (χ4v) is 1.12. The Kier molecular flexibility index (Phi) is 6.91. The van der Waals surface area contributed by atoms with Crippen molar-refractivity contribution in [2.75, 3.05) is 6.61 Å². The summed E-state index contributed by atoms with van der Waals surface area (Å²) >= 11 is 0. The van der Waals surface area contributed by atoms with Crippen molar-refractivity contribution in [3.05, 3.63) is 35.4 Å². The van der Waals surface area contributed by atoms with Gasteiger partial charge in [-0.2, -0.15) is 13.2 Å². The van der Waals surface area contributed by atoms with Gasteiger partial charge in [0, 0.05) is 12.4 Å². The highest BCUT2D eigenvalue weighted by Gasteiger charge is 2.38. The molecule has 0 radical (unpaired) electrons. The highest BCUT2D eigenvalue weighted by Crippen LogP contribution is 2.27. The Morgan fingerprint density at radius 2 is 2.00 bits per heavy atom. The number of alkyl halides is 3. The second-order valence-electron chi connectivity index (χ2n) is 3.26. The number of carbonyl (C=O) groups excluding carboxylic acids is 1. The van der Waals surface area contributed by atoms with Crippen molar-refractivity contribution in [1.82, 2.24) is 5.32 Å². The summed E-state index contributed by atoms with van der Waals surface area (Å²) < 4.78 is 43.3. The summed E-state index contributed by atoms with van der Waals surface area (Å²) in [6.45, 7) is 1.31. The number of carbonyl (C=O) groups is 1. The van der Waals surface area contributed by atoms with Crippen LogP contribution in [-0.4, -0.2) is 25.0 Å². The van der Waals surface area contributed by atoms with E-state index in [1.165, 1.54) is 6.92 Å². The van der Waals surface area contributed by atoms with Gasteiger partial charge in [-0.05, 0) is 19.2 Å². The maximum atomic E-state index is 12.9. The molecule has 0 saturated carbocycles. The van der Waals surface area contributed by atoms with Gasteiger partial charge >= 0.3 is 12.1 Å². The highest BCUT2D eigenvalue weighted by atomic mass is 19.4.